The lowest BCUT2D eigenvalue weighted by molar-refractivity contribution is -0.120. The Hall–Kier alpha value is -2.91. The predicted octanol–water partition coefficient (Wildman–Crippen LogP) is 1.82. The Labute approximate surface area is 163 Å². The summed E-state index contributed by atoms with van der Waals surface area (Å²) in [6.45, 7) is 3.75. The molecule has 2 rings (SSSR count). The number of hydrogen-bond donors (Lipinski definition) is 4. The van der Waals surface area contributed by atoms with Crippen LogP contribution in [-0.4, -0.2) is 31.4 Å². The number of amides is 2. The van der Waals surface area contributed by atoms with Crippen molar-refractivity contribution in [3.05, 3.63) is 54.1 Å². The highest BCUT2D eigenvalue weighted by Crippen LogP contribution is 2.17. The Morgan fingerprint density at radius 3 is 2.36 bits per heavy atom. The molecule has 0 aliphatic heterocycles. The third kappa shape index (κ3) is 5.80. The van der Waals surface area contributed by atoms with Crippen molar-refractivity contribution in [2.45, 2.75) is 31.2 Å². The number of nitrogens with two attached hydrogens (primary N) is 1. The average molecular weight is 405 g/mol. The Balaban J connectivity index is 2.13. The van der Waals surface area contributed by atoms with E-state index in [1.54, 1.807) is 0 Å². The fourth-order valence-corrected chi connectivity index (χ4v) is 3.51. The van der Waals surface area contributed by atoms with Crippen LogP contribution < -0.4 is 15.8 Å². The topological polar surface area (TPSA) is 139 Å². The largest absolute Gasteiger partial charge is 0.508 e. The maximum atomic E-state index is 12.5. The van der Waals surface area contributed by atoms with Crippen molar-refractivity contribution in [2.24, 2.45) is 11.7 Å². The molecule has 0 heterocycles. The first kappa shape index (κ1) is 21.4. The molecule has 0 unspecified atom stereocenters. The van der Waals surface area contributed by atoms with Crippen LogP contribution in [0.3, 0.4) is 0 Å². The summed E-state index contributed by atoms with van der Waals surface area (Å²) in [5, 5.41) is 11.8. The van der Waals surface area contributed by atoms with E-state index < -0.39 is 27.9 Å². The Morgan fingerprint density at radius 1 is 1.11 bits per heavy atom. The van der Waals surface area contributed by atoms with E-state index in [9.17, 15) is 23.1 Å². The van der Waals surface area contributed by atoms with Crippen LogP contribution in [0.1, 0.15) is 30.6 Å². The number of phenols is 1. The molecule has 0 fully saturated rings. The van der Waals surface area contributed by atoms with Gasteiger partial charge < -0.3 is 16.2 Å². The van der Waals surface area contributed by atoms with Crippen molar-refractivity contribution in [2.75, 3.05) is 5.32 Å². The molecule has 8 nitrogen and oxygen atoms in total. The van der Waals surface area contributed by atoms with Gasteiger partial charge in [-0.25, -0.2) is 13.1 Å². The number of nitrogens with one attached hydrogen (secondary N) is 2. The molecule has 0 saturated carbocycles. The summed E-state index contributed by atoms with van der Waals surface area (Å²) in [4.78, 5) is 24.1. The molecule has 150 valence electrons. The highest BCUT2D eigenvalue weighted by molar-refractivity contribution is 7.90. The van der Waals surface area contributed by atoms with E-state index in [1.807, 2.05) is 18.6 Å². The first-order valence-electron chi connectivity index (χ1n) is 8.61. The first-order chi connectivity index (χ1) is 13.1. The standard InChI is InChI=1S/C19H23N3O5S/c1-12(2)10-17(20)19(25)22-28(26,27)16-5-3-4-14(11-16)21-18(24)13-6-8-15(23)9-7-13/h3-9,11-12,17,23H,10,20H2,1-2H3,(H,21,24)(H,22,25)/t17-/m0/s1. The van der Waals surface area contributed by atoms with E-state index in [0.29, 0.717) is 12.0 Å². The number of aromatic hydroxyl groups is 1. The van der Waals surface area contributed by atoms with Gasteiger partial charge in [0.1, 0.15) is 5.75 Å². The second kappa shape index (κ2) is 8.85. The fraction of sp³-hybridized carbons (Fsp3) is 0.263. The lowest BCUT2D eigenvalue weighted by Gasteiger charge is -2.15. The van der Waals surface area contributed by atoms with Gasteiger partial charge in [0.2, 0.25) is 0 Å². The van der Waals surface area contributed by atoms with Crippen molar-refractivity contribution in [1.82, 2.24) is 4.72 Å². The zero-order valence-corrected chi connectivity index (χ0v) is 16.4. The third-order valence-electron chi connectivity index (χ3n) is 3.83. The molecule has 0 saturated heterocycles. The van der Waals surface area contributed by atoms with Crippen LogP contribution >= 0.6 is 0 Å². The van der Waals surface area contributed by atoms with Crippen molar-refractivity contribution in [3.63, 3.8) is 0 Å². The number of carbonyl (C=O) groups is 2. The van der Waals surface area contributed by atoms with Crippen LogP contribution in [0.4, 0.5) is 5.69 Å². The van der Waals surface area contributed by atoms with Gasteiger partial charge in [-0.3, -0.25) is 9.59 Å². The van der Waals surface area contributed by atoms with Crippen LogP contribution in [0, 0.1) is 5.92 Å². The number of carbonyl (C=O) groups excluding carboxylic acids is 2. The summed E-state index contributed by atoms with van der Waals surface area (Å²) in [5.41, 5.74) is 6.25. The molecule has 9 heteroatoms. The first-order valence-corrected chi connectivity index (χ1v) is 10.1. The van der Waals surface area contributed by atoms with Crippen LogP contribution in [0.5, 0.6) is 5.75 Å². The molecule has 2 aromatic rings. The molecule has 1 atom stereocenters. The van der Waals surface area contributed by atoms with Gasteiger partial charge in [0.05, 0.1) is 10.9 Å². The highest BCUT2D eigenvalue weighted by atomic mass is 32.2. The minimum atomic E-state index is -4.13. The average Bonchev–Trinajstić information content (AvgIpc) is 2.61. The van der Waals surface area contributed by atoms with Crippen LogP contribution in [0.2, 0.25) is 0 Å². The van der Waals surface area contributed by atoms with Gasteiger partial charge in [0.15, 0.2) is 0 Å². The lowest BCUT2D eigenvalue weighted by atomic mass is 10.0. The molecule has 5 N–H and O–H groups in total. The number of hydrogen-bond acceptors (Lipinski definition) is 6. The number of anilines is 1. The highest BCUT2D eigenvalue weighted by Gasteiger charge is 2.23. The number of benzene rings is 2. The summed E-state index contributed by atoms with van der Waals surface area (Å²) >= 11 is 0. The van der Waals surface area contributed by atoms with Crippen molar-refractivity contribution >= 4 is 27.5 Å². The molecule has 0 bridgehead atoms. The minimum Gasteiger partial charge on any atom is -0.508 e. The van der Waals surface area contributed by atoms with E-state index in [0.717, 1.165) is 0 Å². The van der Waals surface area contributed by atoms with Crippen LogP contribution in [-0.2, 0) is 14.8 Å². The molecule has 0 aliphatic carbocycles. The van der Waals surface area contributed by atoms with E-state index in [-0.39, 0.29) is 22.3 Å². The smallest absolute Gasteiger partial charge is 0.264 e. The third-order valence-corrected chi connectivity index (χ3v) is 5.17. The predicted molar refractivity (Wildman–Crippen MR) is 105 cm³/mol. The summed E-state index contributed by atoms with van der Waals surface area (Å²) in [6.07, 6.45) is 0.351. The number of sulfonamides is 1. The zero-order valence-electron chi connectivity index (χ0n) is 15.5. The Morgan fingerprint density at radius 2 is 1.75 bits per heavy atom. The second-order valence-corrected chi connectivity index (χ2v) is 8.42. The van der Waals surface area contributed by atoms with Gasteiger partial charge in [0, 0.05) is 11.3 Å². The fourth-order valence-electron chi connectivity index (χ4n) is 2.44. The Kier molecular flexibility index (Phi) is 6.76. The van der Waals surface area contributed by atoms with Crippen LogP contribution in [0.15, 0.2) is 53.4 Å². The van der Waals surface area contributed by atoms with E-state index in [1.165, 1.54) is 48.5 Å². The molecular formula is C19H23N3O5S. The molecule has 2 aromatic carbocycles. The Bertz CT molecular complexity index is 956. The minimum absolute atomic E-state index is 0.0241. The van der Waals surface area contributed by atoms with Gasteiger partial charge in [-0.15, -0.1) is 0 Å². The second-order valence-electron chi connectivity index (χ2n) is 6.73. The normalized spacial score (nSPS) is 12.4. The van der Waals surface area contributed by atoms with Gasteiger partial charge in [-0.05, 0) is 54.8 Å². The van der Waals surface area contributed by atoms with E-state index >= 15 is 0 Å². The number of rotatable bonds is 7. The van der Waals surface area contributed by atoms with Crippen molar-refractivity contribution < 1.29 is 23.1 Å². The molecule has 0 spiro atoms. The molecular weight excluding hydrogens is 382 g/mol. The molecule has 0 aromatic heterocycles. The molecule has 0 aliphatic rings. The molecule has 28 heavy (non-hydrogen) atoms. The monoisotopic (exact) mass is 405 g/mol. The van der Waals surface area contributed by atoms with Crippen LogP contribution in [0.25, 0.3) is 0 Å². The van der Waals surface area contributed by atoms with Crippen molar-refractivity contribution in [3.8, 4) is 5.75 Å². The summed E-state index contributed by atoms with van der Waals surface area (Å²) in [5.74, 6) is -1.09. The van der Waals surface area contributed by atoms with Gasteiger partial charge >= 0.3 is 0 Å². The van der Waals surface area contributed by atoms with Gasteiger partial charge in [-0.2, -0.15) is 0 Å². The van der Waals surface area contributed by atoms with Gasteiger partial charge in [-0.1, -0.05) is 19.9 Å². The maximum absolute atomic E-state index is 12.5. The summed E-state index contributed by atoms with van der Waals surface area (Å²) in [6, 6.07) is 10.2. The lowest BCUT2D eigenvalue weighted by Crippen LogP contribution is -2.43. The zero-order chi connectivity index (χ0) is 20.9. The van der Waals surface area contributed by atoms with Gasteiger partial charge in [0.25, 0.3) is 21.8 Å². The quantitative estimate of drug-likeness (QED) is 0.554. The molecule has 2 amide bonds. The van der Waals surface area contributed by atoms with E-state index in [2.05, 4.69) is 5.32 Å². The summed E-state index contributed by atoms with van der Waals surface area (Å²) < 4.78 is 26.9. The maximum Gasteiger partial charge on any atom is 0.264 e. The molecule has 0 radical (unpaired) electrons. The van der Waals surface area contributed by atoms with Crippen molar-refractivity contribution in [1.29, 1.82) is 0 Å². The van der Waals surface area contributed by atoms with E-state index in [4.69, 9.17) is 5.73 Å². The number of phenolic OH excluding ortho intramolecular Hbond substituents is 1. The SMILES string of the molecule is CC(C)C[C@H](N)C(=O)NS(=O)(=O)c1cccc(NC(=O)c2ccc(O)cc2)c1. The summed E-state index contributed by atoms with van der Waals surface area (Å²) in [7, 11) is -4.13.